The highest BCUT2D eigenvalue weighted by molar-refractivity contribution is 5.96. The summed E-state index contributed by atoms with van der Waals surface area (Å²) in [7, 11) is 0. The zero-order valence-corrected chi connectivity index (χ0v) is 13.7. The number of nitrogens with zero attached hydrogens (tertiary/aromatic N) is 2. The molecule has 3 amide bonds. The van der Waals surface area contributed by atoms with Gasteiger partial charge in [0, 0.05) is 18.3 Å². The minimum absolute atomic E-state index is 0.129. The molecule has 7 heteroatoms. The van der Waals surface area contributed by atoms with E-state index in [9.17, 15) is 9.59 Å². The maximum absolute atomic E-state index is 12.4. The van der Waals surface area contributed by atoms with Crippen LogP contribution < -0.4 is 10.6 Å². The summed E-state index contributed by atoms with van der Waals surface area (Å²) in [6, 6.07) is 6.87. The van der Waals surface area contributed by atoms with Gasteiger partial charge in [0.15, 0.2) is 5.82 Å². The van der Waals surface area contributed by atoms with Gasteiger partial charge in [-0.2, -0.15) is 0 Å². The number of hydrogen-bond donors (Lipinski definition) is 2. The van der Waals surface area contributed by atoms with Gasteiger partial charge in [0.05, 0.1) is 0 Å². The molecule has 0 fully saturated rings. The molecule has 0 aliphatic rings. The van der Waals surface area contributed by atoms with Gasteiger partial charge >= 0.3 is 6.03 Å². The first-order chi connectivity index (χ1) is 11.5. The molecule has 7 nitrogen and oxygen atoms in total. The number of aromatic nitrogens is 1. The first-order valence-electron chi connectivity index (χ1n) is 7.44. The lowest BCUT2D eigenvalue weighted by molar-refractivity contribution is -0.116. The lowest BCUT2D eigenvalue weighted by Crippen LogP contribution is -2.40. The second-order valence-electron chi connectivity index (χ2n) is 5.35. The van der Waals surface area contributed by atoms with Gasteiger partial charge in [0.2, 0.25) is 5.91 Å². The number of benzene rings is 1. The maximum Gasteiger partial charge on any atom is 0.322 e. The maximum atomic E-state index is 12.4. The lowest BCUT2D eigenvalue weighted by atomic mass is 10.1. The minimum atomic E-state index is -0.378. The highest BCUT2D eigenvalue weighted by Gasteiger charge is 2.17. The second kappa shape index (κ2) is 7.96. The van der Waals surface area contributed by atoms with Crippen LogP contribution in [0.5, 0.6) is 0 Å². The fraction of sp³-hybridized carbons (Fsp3) is 0.235. The molecule has 0 bridgehead atoms. The molecule has 1 aromatic heterocycles. The SMILES string of the molecule is C=CCN(CC(=O)Nc1ccon1)C(=O)Nc1ccc(C)cc1C. The number of rotatable bonds is 6. The number of nitrogens with one attached hydrogen (secondary N) is 2. The largest absolute Gasteiger partial charge is 0.363 e. The predicted molar refractivity (Wildman–Crippen MR) is 91.8 cm³/mol. The number of carbonyl (C=O) groups is 2. The first-order valence-corrected chi connectivity index (χ1v) is 7.44. The topological polar surface area (TPSA) is 87.5 Å². The molecule has 1 aromatic carbocycles. The molecule has 0 atom stereocenters. The number of carbonyl (C=O) groups excluding carboxylic acids is 2. The fourth-order valence-electron chi connectivity index (χ4n) is 2.16. The van der Waals surface area contributed by atoms with Gasteiger partial charge in [-0.15, -0.1) is 6.58 Å². The number of hydrogen-bond acceptors (Lipinski definition) is 4. The van der Waals surface area contributed by atoms with E-state index in [1.165, 1.54) is 17.2 Å². The van der Waals surface area contributed by atoms with Crippen molar-refractivity contribution in [1.29, 1.82) is 0 Å². The normalized spacial score (nSPS) is 10.1. The summed E-state index contributed by atoms with van der Waals surface area (Å²) in [6.45, 7) is 7.63. The molecule has 0 radical (unpaired) electrons. The molecule has 2 rings (SSSR count). The molecule has 24 heavy (non-hydrogen) atoms. The van der Waals surface area contributed by atoms with Gasteiger partial charge in [0.25, 0.3) is 0 Å². The van der Waals surface area contributed by atoms with Crippen molar-refractivity contribution in [3.05, 3.63) is 54.3 Å². The average molecular weight is 328 g/mol. The van der Waals surface area contributed by atoms with Crippen LogP contribution in [0.2, 0.25) is 0 Å². The number of anilines is 2. The molecule has 0 saturated carbocycles. The lowest BCUT2D eigenvalue weighted by Gasteiger charge is -2.21. The van der Waals surface area contributed by atoms with E-state index in [4.69, 9.17) is 0 Å². The van der Waals surface area contributed by atoms with Crippen molar-refractivity contribution in [2.75, 3.05) is 23.7 Å². The summed E-state index contributed by atoms with van der Waals surface area (Å²) in [4.78, 5) is 25.8. The number of urea groups is 1. The van der Waals surface area contributed by atoms with Crippen LogP contribution >= 0.6 is 0 Å². The molecular weight excluding hydrogens is 308 g/mol. The molecule has 0 aliphatic heterocycles. The summed E-state index contributed by atoms with van der Waals surface area (Å²) in [5.41, 5.74) is 2.77. The molecule has 2 N–H and O–H groups in total. The zero-order chi connectivity index (χ0) is 17.5. The van der Waals surface area contributed by atoms with Crippen molar-refractivity contribution >= 4 is 23.4 Å². The molecule has 2 aromatic rings. The van der Waals surface area contributed by atoms with Crippen LogP contribution in [0.15, 0.2) is 47.7 Å². The third-order valence-corrected chi connectivity index (χ3v) is 3.30. The Bertz CT molecular complexity index is 725. The summed E-state index contributed by atoms with van der Waals surface area (Å²) in [5, 5.41) is 8.96. The van der Waals surface area contributed by atoms with E-state index in [0.29, 0.717) is 11.5 Å². The third-order valence-electron chi connectivity index (χ3n) is 3.30. The third kappa shape index (κ3) is 4.70. The van der Waals surface area contributed by atoms with Gasteiger partial charge in [-0.25, -0.2) is 4.79 Å². The summed E-state index contributed by atoms with van der Waals surface area (Å²) in [6.07, 6.45) is 2.91. The molecule has 0 spiro atoms. The van der Waals surface area contributed by atoms with Gasteiger partial charge in [-0.05, 0) is 25.5 Å². The van der Waals surface area contributed by atoms with Crippen molar-refractivity contribution in [3.8, 4) is 0 Å². The Balaban J connectivity index is 2.01. The zero-order valence-electron chi connectivity index (χ0n) is 13.7. The van der Waals surface area contributed by atoms with Crippen LogP contribution in [0, 0.1) is 13.8 Å². The first kappa shape index (κ1) is 17.3. The Morgan fingerprint density at radius 1 is 1.29 bits per heavy atom. The van der Waals surface area contributed by atoms with E-state index in [0.717, 1.165) is 11.1 Å². The summed E-state index contributed by atoms with van der Waals surface area (Å²) < 4.78 is 4.64. The minimum Gasteiger partial charge on any atom is -0.363 e. The molecular formula is C17H20N4O3. The summed E-state index contributed by atoms with van der Waals surface area (Å²) in [5.74, 6) is -0.0742. The molecule has 0 unspecified atom stereocenters. The van der Waals surface area contributed by atoms with E-state index in [1.54, 1.807) is 6.08 Å². The highest BCUT2D eigenvalue weighted by atomic mass is 16.5. The standard InChI is InChI=1S/C17H20N4O3/c1-4-8-21(11-16(22)19-15-7-9-24-20-15)17(23)18-14-6-5-12(2)10-13(14)3/h4-7,9-10H,1,8,11H2,2-3H3,(H,18,23)(H,19,20,22). The van der Waals surface area contributed by atoms with Crippen molar-refractivity contribution in [2.24, 2.45) is 0 Å². The van der Waals surface area contributed by atoms with Crippen LogP contribution in [0.4, 0.5) is 16.3 Å². The van der Waals surface area contributed by atoms with Crippen molar-refractivity contribution in [3.63, 3.8) is 0 Å². The summed E-state index contributed by atoms with van der Waals surface area (Å²) >= 11 is 0. The Morgan fingerprint density at radius 2 is 2.08 bits per heavy atom. The average Bonchev–Trinajstić information content (AvgIpc) is 3.02. The van der Waals surface area contributed by atoms with Crippen molar-refractivity contribution < 1.29 is 14.1 Å². The van der Waals surface area contributed by atoms with Crippen LogP contribution in [-0.2, 0) is 4.79 Å². The van der Waals surface area contributed by atoms with Crippen molar-refractivity contribution in [2.45, 2.75) is 13.8 Å². The van der Waals surface area contributed by atoms with E-state index < -0.39 is 0 Å². The van der Waals surface area contributed by atoms with E-state index in [2.05, 4.69) is 26.9 Å². The van der Waals surface area contributed by atoms with E-state index in [-0.39, 0.29) is 25.0 Å². The predicted octanol–water partition coefficient (Wildman–Crippen LogP) is 2.95. The monoisotopic (exact) mass is 328 g/mol. The Morgan fingerprint density at radius 3 is 2.71 bits per heavy atom. The van der Waals surface area contributed by atoms with Crippen LogP contribution in [0.3, 0.4) is 0 Å². The molecule has 0 saturated heterocycles. The van der Waals surface area contributed by atoms with E-state index >= 15 is 0 Å². The van der Waals surface area contributed by atoms with Crippen molar-refractivity contribution in [1.82, 2.24) is 10.1 Å². The Labute approximate surface area is 140 Å². The van der Waals surface area contributed by atoms with Gasteiger partial charge in [0.1, 0.15) is 12.8 Å². The quantitative estimate of drug-likeness (QED) is 0.798. The molecule has 126 valence electrons. The Kier molecular flexibility index (Phi) is 5.73. The van der Waals surface area contributed by atoms with Gasteiger partial charge in [-0.1, -0.05) is 28.9 Å². The van der Waals surface area contributed by atoms with Crippen LogP contribution in [-0.4, -0.2) is 35.1 Å². The van der Waals surface area contributed by atoms with Gasteiger partial charge < -0.3 is 20.1 Å². The van der Waals surface area contributed by atoms with Gasteiger partial charge in [-0.3, -0.25) is 4.79 Å². The smallest absolute Gasteiger partial charge is 0.322 e. The van der Waals surface area contributed by atoms with Crippen LogP contribution in [0.1, 0.15) is 11.1 Å². The Hall–Kier alpha value is -3.09. The van der Waals surface area contributed by atoms with Crippen LogP contribution in [0.25, 0.3) is 0 Å². The number of amides is 3. The molecule has 1 heterocycles. The van der Waals surface area contributed by atoms with E-state index in [1.807, 2.05) is 32.0 Å². The molecule has 0 aliphatic carbocycles. The fourth-order valence-corrected chi connectivity index (χ4v) is 2.16. The highest BCUT2D eigenvalue weighted by Crippen LogP contribution is 2.16. The number of aryl methyl sites for hydroxylation is 2. The second-order valence-corrected chi connectivity index (χ2v) is 5.35.